The molecule has 0 spiro atoms. The van der Waals surface area contributed by atoms with Gasteiger partial charge in [-0.1, -0.05) is 52.0 Å². The molecule has 0 aliphatic carbocycles. The molecule has 0 saturated heterocycles. The number of amides is 1. The van der Waals surface area contributed by atoms with Crippen molar-refractivity contribution in [2.75, 3.05) is 0 Å². The van der Waals surface area contributed by atoms with Crippen molar-refractivity contribution in [3.8, 4) is 11.4 Å². The fourth-order valence-electron chi connectivity index (χ4n) is 2.34. The molecule has 0 aliphatic heterocycles. The highest BCUT2D eigenvalue weighted by atomic mass is 16.2. The minimum Gasteiger partial charge on any atom is -0.352 e. The molecule has 0 fully saturated rings. The minimum atomic E-state index is -0.0854. The van der Waals surface area contributed by atoms with Crippen LogP contribution in [-0.4, -0.2) is 32.2 Å². The normalized spacial score (nSPS) is 11.2. The van der Waals surface area contributed by atoms with Crippen LogP contribution in [-0.2, 0) is 11.3 Å². The van der Waals surface area contributed by atoms with Gasteiger partial charge in [0.05, 0.1) is 0 Å². The number of carbonyl (C=O) groups is 1. The molecule has 2 rings (SSSR count). The monoisotopic (exact) mass is 315 g/mol. The Labute approximate surface area is 137 Å². The van der Waals surface area contributed by atoms with Crippen LogP contribution in [0.3, 0.4) is 0 Å². The van der Waals surface area contributed by atoms with E-state index < -0.39 is 0 Å². The van der Waals surface area contributed by atoms with Crippen LogP contribution in [0.5, 0.6) is 0 Å². The summed E-state index contributed by atoms with van der Waals surface area (Å²) >= 11 is 0. The fourth-order valence-corrected chi connectivity index (χ4v) is 2.34. The molecule has 0 saturated carbocycles. The summed E-state index contributed by atoms with van der Waals surface area (Å²) in [6.45, 7) is 8.51. The molecule has 124 valence electrons. The average molecular weight is 315 g/mol. The average Bonchev–Trinajstić information content (AvgIpc) is 3.01. The fraction of sp³-hybridized carbons (Fsp3) is 0.529. The topological polar surface area (TPSA) is 72.7 Å². The molecule has 1 aromatic carbocycles. The van der Waals surface area contributed by atoms with Crippen LogP contribution < -0.4 is 5.32 Å². The van der Waals surface area contributed by atoms with E-state index in [9.17, 15) is 4.79 Å². The standard InChI is InChI=1S/C17H25N5O/c1-5-15(6-2)18-16(23)11-22-20-17(19-21-22)14-9-7-13(8-10-14)12(3)4/h7-10,12,15H,5-6,11H2,1-4H3,(H,18,23). The summed E-state index contributed by atoms with van der Waals surface area (Å²) in [6.07, 6.45) is 1.83. The predicted octanol–water partition coefficient (Wildman–Crippen LogP) is 2.77. The molecule has 0 bridgehead atoms. The Morgan fingerprint density at radius 1 is 1.17 bits per heavy atom. The van der Waals surface area contributed by atoms with Gasteiger partial charge in [-0.2, -0.15) is 4.80 Å². The van der Waals surface area contributed by atoms with Gasteiger partial charge < -0.3 is 5.32 Å². The first-order valence-corrected chi connectivity index (χ1v) is 8.21. The summed E-state index contributed by atoms with van der Waals surface area (Å²) in [5, 5.41) is 15.3. The largest absolute Gasteiger partial charge is 0.352 e. The number of hydrogen-bond donors (Lipinski definition) is 1. The van der Waals surface area contributed by atoms with Crippen LogP contribution in [0.25, 0.3) is 11.4 Å². The number of tetrazole rings is 1. The highest BCUT2D eigenvalue weighted by Gasteiger charge is 2.12. The molecule has 0 unspecified atom stereocenters. The molecule has 6 heteroatoms. The highest BCUT2D eigenvalue weighted by Crippen LogP contribution is 2.19. The summed E-state index contributed by atoms with van der Waals surface area (Å²) in [7, 11) is 0. The van der Waals surface area contributed by atoms with Crippen molar-refractivity contribution in [3.63, 3.8) is 0 Å². The summed E-state index contributed by atoms with van der Waals surface area (Å²) < 4.78 is 0. The molecule has 0 aliphatic rings. The molecule has 1 N–H and O–H groups in total. The first kappa shape index (κ1) is 17.1. The molecular weight excluding hydrogens is 290 g/mol. The van der Waals surface area contributed by atoms with Gasteiger partial charge in [-0.05, 0) is 29.5 Å². The Morgan fingerprint density at radius 3 is 2.39 bits per heavy atom. The van der Waals surface area contributed by atoms with E-state index in [1.165, 1.54) is 10.4 Å². The lowest BCUT2D eigenvalue weighted by atomic mass is 10.0. The van der Waals surface area contributed by atoms with Crippen molar-refractivity contribution < 1.29 is 4.79 Å². The number of aromatic nitrogens is 4. The number of nitrogens with zero attached hydrogens (tertiary/aromatic N) is 4. The molecule has 0 radical (unpaired) electrons. The van der Waals surface area contributed by atoms with Gasteiger partial charge >= 0.3 is 0 Å². The van der Waals surface area contributed by atoms with Gasteiger partial charge in [-0.25, -0.2) is 0 Å². The third kappa shape index (κ3) is 4.61. The zero-order valence-electron chi connectivity index (χ0n) is 14.3. The van der Waals surface area contributed by atoms with E-state index in [1.54, 1.807) is 0 Å². The molecule has 1 aromatic heterocycles. The maximum absolute atomic E-state index is 12.0. The van der Waals surface area contributed by atoms with Gasteiger partial charge in [0.25, 0.3) is 0 Å². The van der Waals surface area contributed by atoms with Crippen LogP contribution in [0.15, 0.2) is 24.3 Å². The van der Waals surface area contributed by atoms with Gasteiger partial charge in [0.2, 0.25) is 11.7 Å². The minimum absolute atomic E-state index is 0.0854. The lowest BCUT2D eigenvalue weighted by Crippen LogP contribution is -2.36. The van der Waals surface area contributed by atoms with Crippen molar-refractivity contribution in [2.45, 2.75) is 59.0 Å². The molecular formula is C17H25N5O. The molecule has 0 atom stereocenters. The maximum Gasteiger partial charge on any atom is 0.243 e. The number of hydrogen-bond acceptors (Lipinski definition) is 4. The van der Waals surface area contributed by atoms with Gasteiger partial charge in [0, 0.05) is 11.6 Å². The van der Waals surface area contributed by atoms with Crippen molar-refractivity contribution in [1.82, 2.24) is 25.5 Å². The van der Waals surface area contributed by atoms with E-state index in [4.69, 9.17) is 0 Å². The van der Waals surface area contributed by atoms with Gasteiger partial charge in [-0.3, -0.25) is 4.79 Å². The van der Waals surface area contributed by atoms with Gasteiger partial charge in [-0.15, -0.1) is 10.2 Å². The highest BCUT2D eigenvalue weighted by molar-refractivity contribution is 5.75. The number of benzene rings is 1. The smallest absolute Gasteiger partial charge is 0.243 e. The van der Waals surface area contributed by atoms with Crippen LogP contribution in [0.1, 0.15) is 52.0 Å². The quantitative estimate of drug-likeness (QED) is 0.852. The SMILES string of the molecule is CCC(CC)NC(=O)Cn1nnc(-c2ccc(C(C)C)cc2)n1. The van der Waals surface area contributed by atoms with E-state index in [0.29, 0.717) is 11.7 Å². The van der Waals surface area contributed by atoms with E-state index in [1.807, 2.05) is 12.1 Å². The van der Waals surface area contributed by atoms with E-state index >= 15 is 0 Å². The lowest BCUT2D eigenvalue weighted by Gasteiger charge is -2.13. The predicted molar refractivity (Wildman–Crippen MR) is 89.9 cm³/mol. The van der Waals surface area contributed by atoms with Crippen molar-refractivity contribution >= 4 is 5.91 Å². The van der Waals surface area contributed by atoms with Crippen LogP contribution in [0, 0.1) is 0 Å². The van der Waals surface area contributed by atoms with Crippen LogP contribution >= 0.6 is 0 Å². The summed E-state index contributed by atoms with van der Waals surface area (Å²) in [4.78, 5) is 13.3. The zero-order valence-corrected chi connectivity index (χ0v) is 14.3. The summed E-state index contributed by atoms with van der Waals surface area (Å²) in [5.41, 5.74) is 2.17. The molecule has 6 nitrogen and oxygen atoms in total. The Balaban J connectivity index is 2.01. The first-order chi connectivity index (χ1) is 11.0. The second-order valence-electron chi connectivity index (χ2n) is 6.00. The Kier molecular flexibility index (Phi) is 5.84. The third-order valence-corrected chi connectivity index (χ3v) is 3.92. The van der Waals surface area contributed by atoms with E-state index in [-0.39, 0.29) is 18.5 Å². The van der Waals surface area contributed by atoms with Crippen LogP contribution in [0.4, 0.5) is 0 Å². The Hall–Kier alpha value is -2.24. The summed E-state index contributed by atoms with van der Waals surface area (Å²) in [6, 6.07) is 8.32. The van der Waals surface area contributed by atoms with Crippen molar-refractivity contribution in [2.24, 2.45) is 0 Å². The third-order valence-electron chi connectivity index (χ3n) is 3.92. The number of nitrogens with one attached hydrogen (secondary N) is 1. The second-order valence-corrected chi connectivity index (χ2v) is 6.00. The molecule has 2 aromatic rings. The summed E-state index contributed by atoms with van der Waals surface area (Å²) in [5.74, 6) is 0.940. The molecule has 23 heavy (non-hydrogen) atoms. The lowest BCUT2D eigenvalue weighted by molar-refractivity contribution is -0.122. The maximum atomic E-state index is 12.0. The Bertz CT molecular complexity index is 629. The Morgan fingerprint density at radius 2 is 1.83 bits per heavy atom. The van der Waals surface area contributed by atoms with Gasteiger partial charge in [0.1, 0.15) is 6.54 Å². The van der Waals surface area contributed by atoms with Gasteiger partial charge in [0.15, 0.2) is 0 Å². The zero-order chi connectivity index (χ0) is 16.8. The van der Waals surface area contributed by atoms with Crippen LogP contribution in [0.2, 0.25) is 0 Å². The number of carbonyl (C=O) groups excluding carboxylic acids is 1. The second kappa shape index (κ2) is 7.85. The molecule has 1 heterocycles. The molecule has 1 amide bonds. The number of rotatable bonds is 7. The van der Waals surface area contributed by atoms with Crippen molar-refractivity contribution in [1.29, 1.82) is 0 Å². The first-order valence-electron chi connectivity index (χ1n) is 8.21. The van der Waals surface area contributed by atoms with E-state index in [0.717, 1.165) is 18.4 Å². The van der Waals surface area contributed by atoms with E-state index in [2.05, 4.69) is 60.6 Å². The van der Waals surface area contributed by atoms with Crippen molar-refractivity contribution in [3.05, 3.63) is 29.8 Å².